The molecule has 5 atom stereocenters. The van der Waals surface area contributed by atoms with E-state index in [-0.39, 0.29) is 60.1 Å². The molecule has 3 rings (SSSR count). The maximum atomic E-state index is 16.0. The van der Waals surface area contributed by atoms with Gasteiger partial charge in [-0.25, -0.2) is 19.5 Å². The fourth-order valence-corrected chi connectivity index (χ4v) is 6.26. The molecule has 1 fully saturated rings. The zero-order chi connectivity index (χ0) is 34.7. The van der Waals surface area contributed by atoms with E-state index in [4.69, 9.17) is 29.2 Å². The first kappa shape index (κ1) is 37.5. The summed E-state index contributed by atoms with van der Waals surface area (Å²) in [5.74, 6) is -1.27. The average Bonchev–Trinajstić information content (AvgIpc) is 3.47. The number of carbonyl (C=O) groups excluding carboxylic acids is 2. The zero-order valence-corrected chi connectivity index (χ0v) is 29.3. The molecular weight excluding hydrogens is 624 g/mol. The molecule has 0 aliphatic carbocycles. The highest BCUT2D eigenvalue weighted by molar-refractivity contribution is 7.54. The van der Waals surface area contributed by atoms with E-state index in [1.165, 1.54) is 31.7 Å². The molecule has 260 valence electrons. The van der Waals surface area contributed by atoms with Gasteiger partial charge < -0.3 is 29.2 Å². The number of hydrogen-bond acceptors (Lipinski definition) is 12. The number of esters is 2. The SMILES string of the molecule is CCOc1nc(N)nc2c1ncn2C1OC(COP(=O)(NC(C)C(=O)OCC(C)(C)C)NC(C)C(=O)OCC(C)(C)C)CC1(C)F. The number of ether oxygens (including phenoxy) is 4. The third-order valence-electron chi connectivity index (χ3n) is 6.57. The summed E-state index contributed by atoms with van der Waals surface area (Å²) in [4.78, 5) is 38.0. The lowest BCUT2D eigenvalue weighted by Crippen LogP contribution is -2.43. The summed E-state index contributed by atoms with van der Waals surface area (Å²) in [5, 5.41) is 5.30. The fraction of sp³-hybridized carbons (Fsp3) is 0.759. The second-order valence-electron chi connectivity index (χ2n) is 14.1. The first-order valence-corrected chi connectivity index (χ1v) is 16.9. The van der Waals surface area contributed by atoms with Crippen molar-refractivity contribution in [2.75, 3.05) is 32.2 Å². The third kappa shape index (κ3) is 10.3. The lowest BCUT2D eigenvalue weighted by atomic mass is 9.99. The molecule has 0 bridgehead atoms. The topological polar surface area (TPSA) is 191 Å². The number of fused-ring (bicyclic) bond motifs is 1. The number of nitrogens with zero attached hydrogens (tertiary/aromatic N) is 4. The smallest absolute Gasteiger partial charge is 0.342 e. The van der Waals surface area contributed by atoms with Gasteiger partial charge in [0.2, 0.25) is 11.8 Å². The highest BCUT2D eigenvalue weighted by Gasteiger charge is 2.48. The van der Waals surface area contributed by atoms with Crippen molar-refractivity contribution < 1.29 is 42.0 Å². The first-order chi connectivity index (χ1) is 21.1. The lowest BCUT2D eigenvalue weighted by molar-refractivity contribution is -0.148. The van der Waals surface area contributed by atoms with Crippen LogP contribution in [-0.4, -0.2) is 81.7 Å². The highest BCUT2D eigenvalue weighted by Crippen LogP contribution is 2.45. The molecule has 1 saturated heterocycles. The monoisotopic (exact) mass is 673 g/mol. The maximum absolute atomic E-state index is 16.0. The predicted octanol–water partition coefficient (Wildman–Crippen LogP) is 4.08. The lowest BCUT2D eigenvalue weighted by Gasteiger charge is -2.28. The number of anilines is 1. The van der Waals surface area contributed by atoms with Gasteiger partial charge in [-0.2, -0.15) is 9.97 Å². The largest absolute Gasteiger partial charge is 0.476 e. The Hall–Kier alpha value is -2.91. The van der Waals surface area contributed by atoms with Gasteiger partial charge in [-0.15, -0.1) is 0 Å². The van der Waals surface area contributed by atoms with E-state index >= 15 is 4.39 Å². The summed E-state index contributed by atoms with van der Waals surface area (Å²) in [6.07, 6.45) is -0.890. The van der Waals surface area contributed by atoms with Crippen molar-refractivity contribution in [3.63, 3.8) is 0 Å². The van der Waals surface area contributed by atoms with Crippen molar-refractivity contribution in [2.45, 2.75) is 106 Å². The molecule has 2 aromatic rings. The van der Waals surface area contributed by atoms with Gasteiger partial charge in [0.1, 0.15) is 12.1 Å². The Balaban J connectivity index is 1.79. The molecule has 0 amide bonds. The van der Waals surface area contributed by atoms with Gasteiger partial charge in [-0.3, -0.25) is 18.7 Å². The summed E-state index contributed by atoms with van der Waals surface area (Å²) in [6, 6.07) is -2.19. The average molecular weight is 674 g/mol. The molecule has 46 heavy (non-hydrogen) atoms. The van der Waals surface area contributed by atoms with Crippen LogP contribution in [-0.2, 0) is 32.9 Å². The van der Waals surface area contributed by atoms with Crippen LogP contribution >= 0.6 is 7.67 Å². The summed E-state index contributed by atoms with van der Waals surface area (Å²) >= 11 is 0. The second kappa shape index (κ2) is 14.5. The van der Waals surface area contributed by atoms with Crippen LogP contribution < -0.4 is 20.6 Å². The van der Waals surface area contributed by atoms with Gasteiger partial charge in [0.05, 0.1) is 38.9 Å². The minimum absolute atomic E-state index is 0.0838. The zero-order valence-electron chi connectivity index (χ0n) is 28.4. The van der Waals surface area contributed by atoms with E-state index in [0.29, 0.717) is 6.61 Å². The number of imidazole rings is 1. The molecule has 15 nitrogen and oxygen atoms in total. The van der Waals surface area contributed by atoms with Crippen LogP contribution in [0.5, 0.6) is 5.88 Å². The first-order valence-electron chi connectivity index (χ1n) is 15.2. The Morgan fingerprint density at radius 3 is 2.15 bits per heavy atom. The van der Waals surface area contributed by atoms with E-state index in [1.807, 2.05) is 41.5 Å². The molecule has 0 spiro atoms. The molecule has 17 heteroatoms. The molecule has 0 radical (unpaired) electrons. The van der Waals surface area contributed by atoms with Crippen LogP contribution in [0.2, 0.25) is 0 Å². The van der Waals surface area contributed by atoms with Crippen LogP contribution in [0.15, 0.2) is 6.33 Å². The van der Waals surface area contributed by atoms with Crippen LogP contribution in [0.4, 0.5) is 10.3 Å². The van der Waals surface area contributed by atoms with E-state index in [9.17, 15) is 14.2 Å². The Kier molecular flexibility index (Phi) is 11.8. The summed E-state index contributed by atoms with van der Waals surface area (Å²) in [6.45, 7) is 17.7. The molecule has 0 saturated carbocycles. The standard InChI is InChI=1S/C29H49FN7O8P/c1-11-41-22-20-21(33-26(31)34-22)37(16-32-20)25-29(10,30)12-19(45-25)13-44-46(40,35-17(2)23(38)42-14-27(4,5)6)36-18(3)24(39)43-15-28(7,8)9/h16-19,25H,11-15H2,1-10H3,(H2,31,33,34)(H2,35,36,40). The molecule has 5 unspecified atom stereocenters. The van der Waals surface area contributed by atoms with Gasteiger partial charge in [-0.1, -0.05) is 41.5 Å². The van der Waals surface area contributed by atoms with Gasteiger partial charge in [0.25, 0.3) is 0 Å². The van der Waals surface area contributed by atoms with Gasteiger partial charge in [0, 0.05) is 6.42 Å². The van der Waals surface area contributed by atoms with Crippen LogP contribution in [0.25, 0.3) is 11.2 Å². The highest BCUT2D eigenvalue weighted by atomic mass is 31.2. The fourth-order valence-electron chi connectivity index (χ4n) is 4.43. The number of aromatic nitrogens is 4. The molecule has 3 heterocycles. The number of carbonyl (C=O) groups is 2. The van der Waals surface area contributed by atoms with Gasteiger partial charge >= 0.3 is 19.6 Å². The molecule has 1 aliphatic rings. The Morgan fingerprint density at radius 1 is 1.11 bits per heavy atom. The third-order valence-corrected chi connectivity index (χ3v) is 8.54. The van der Waals surface area contributed by atoms with Crippen molar-refractivity contribution in [1.29, 1.82) is 0 Å². The van der Waals surface area contributed by atoms with Crippen molar-refractivity contribution >= 4 is 36.7 Å². The van der Waals surface area contributed by atoms with Crippen molar-refractivity contribution in [2.24, 2.45) is 10.8 Å². The number of nitrogens with one attached hydrogen (secondary N) is 2. The minimum Gasteiger partial charge on any atom is -0.476 e. The Labute approximate surface area is 269 Å². The molecule has 2 aromatic heterocycles. The number of halogens is 1. The number of hydrogen-bond donors (Lipinski definition) is 3. The maximum Gasteiger partial charge on any atom is 0.342 e. The minimum atomic E-state index is -4.18. The van der Waals surface area contributed by atoms with Crippen molar-refractivity contribution in [3.05, 3.63) is 6.33 Å². The van der Waals surface area contributed by atoms with E-state index in [2.05, 4.69) is 25.1 Å². The Morgan fingerprint density at radius 2 is 1.65 bits per heavy atom. The quantitative estimate of drug-likeness (QED) is 0.192. The summed E-state index contributed by atoms with van der Waals surface area (Å²) in [5.41, 5.74) is 3.84. The van der Waals surface area contributed by atoms with Gasteiger partial charge in [0.15, 0.2) is 23.1 Å². The van der Waals surface area contributed by atoms with E-state index in [0.717, 1.165) is 0 Å². The number of nitrogens with two attached hydrogens (primary N) is 1. The number of rotatable bonds is 14. The molecule has 4 N–H and O–H groups in total. The van der Waals surface area contributed by atoms with Crippen molar-refractivity contribution in [3.8, 4) is 5.88 Å². The summed E-state index contributed by atoms with van der Waals surface area (Å²) in [7, 11) is -4.18. The Bertz CT molecular complexity index is 1380. The summed E-state index contributed by atoms with van der Waals surface area (Å²) < 4.78 is 59.6. The molecule has 1 aliphatic heterocycles. The van der Waals surface area contributed by atoms with E-state index < -0.39 is 49.7 Å². The van der Waals surface area contributed by atoms with Gasteiger partial charge in [-0.05, 0) is 38.5 Å². The number of alkyl halides is 1. The second-order valence-corrected chi connectivity index (χ2v) is 16.0. The van der Waals surface area contributed by atoms with Crippen LogP contribution in [0, 0.1) is 10.8 Å². The molecular formula is C29H49FN7O8P. The normalized spacial score (nSPS) is 23.1. The van der Waals surface area contributed by atoms with Crippen LogP contribution in [0.1, 0.15) is 81.9 Å². The van der Waals surface area contributed by atoms with E-state index in [1.54, 1.807) is 6.92 Å². The predicted molar refractivity (Wildman–Crippen MR) is 169 cm³/mol. The number of nitrogen functional groups attached to an aromatic ring is 1. The van der Waals surface area contributed by atoms with Crippen LogP contribution in [0.3, 0.4) is 0 Å². The molecule has 0 aromatic carbocycles. The van der Waals surface area contributed by atoms with Crippen molar-refractivity contribution in [1.82, 2.24) is 29.7 Å².